The minimum Gasteiger partial charge on any atom is -0.459 e. The number of ether oxygens (including phenoxy) is 3. The third kappa shape index (κ3) is 5.12. The van der Waals surface area contributed by atoms with Crippen molar-refractivity contribution in [1.82, 2.24) is 9.55 Å². The maximum Gasteiger partial charge on any atom is 0.338 e. The van der Waals surface area contributed by atoms with Gasteiger partial charge in [-0.25, -0.2) is 14.6 Å². The second-order valence-corrected chi connectivity index (χ2v) is 9.19. The molecule has 1 aromatic heterocycles. The van der Waals surface area contributed by atoms with Crippen LogP contribution in [0.3, 0.4) is 0 Å². The summed E-state index contributed by atoms with van der Waals surface area (Å²) >= 11 is 0. The first kappa shape index (κ1) is 25.1. The highest BCUT2D eigenvalue weighted by Gasteiger charge is 2.41. The molecule has 0 saturated carbocycles. The lowest BCUT2D eigenvalue weighted by Crippen LogP contribution is -2.32. The van der Waals surface area contributed by atoms with Gasteiger partial charge in [-0.15, -0.1) is 0 Å². The number of hydrogen-bond donors (Lipinski definition) is 0. The van der Waals surface area contributed by atoms with Gasteiger partial charge in [0, 0.05) is 12.5 Å². The normalized spacial score (nSPS) is 18.8. The van der Waals surface area contributed by atoms with Gasteiger partial charge in [0.05, 0.1) is 27.9 Å². The van der Waals surface area contributed by atoms with Gasteiger partial charge in [-0.1, -0.05) is 41.5 Å². The van der Waals surface area contributed by atoms with Crippen LogP contribution in [0.4, 0.5) is 5.69 Å². The molecule has 38 heavy (non-hydrogen) atoms. The lowest BCUT2D eigenvalue weighted by molar-refractivity contribution is -0.383. The topological polar surface area (TPSA) is 123 Å². The van der Waals surface area contributed by atoms with E-state index in [1.165, 1.54) is 12.4 Å². The Hall–Kier alpha value is -4.57. The van der Waals surface area contributed by atoms with Gasteiger partial charge in [0.2, 0.25) is 0 Å². The summed E-state index contributed by atoms with van der Waals surface area (Å²) in [5, 5.41) is 11.7. The molecule has 5 rings (SSSR count). The molecule has 0 unspecified atom stereocenters. The molecule has 10 heteroatoms. The number of benzene rings is 3. The van der Waals surface area contributed by atoms with Crippen LogP contribution in [0.25, 0.3) is 11.0 Å². The third-order valence-electron chi connectivity index (χ3n) is 6.47. The highest BCUT2D eigenvalue weighted by atomic mass is 16.6. The smallest absolute Gasteiger partial charge is 0.338 e. The number of nitro benzene ring substituents is 1. The molecule has 1 saturated heterocycles. The number of aryl methyl sites for hydroxylation is 2. The van der Waals surface area contributed by atoms with E-state index in [9.17, 15) is 19.7 Å². The molecule has 3 aromatic carbocycles. The molecule has 0 N–H and O–H groups in total. The molecule has 0 bridgehead atoms. The Morgan fingerprint density at radius 3 is 2.26 bits per heavy atom. The van der Waals surface area contributed by atoms with E-state index < -0.39 is 35.3 Å². The summed E-state index contributed by atoms with van der Waals surface area (Å²) in [4.78, 5) is 41.0. The minimum atomic E-state index is -0.802. The van der Waals surface area contributed by atoms with E-state index in [0.29, 0.717) is 22.2 Å². The van der Waals surface area contributed by atoms with Gasteiger partial charge in [-0.3, -0.25) is 14.7 Å². The van der Waals surface area contributed by atoms with Crippen molar-refractivity contribution in [2.24, 2.45) is 0 Å². The molecule has 0 spiro atoms. The number of hydrogen-bond acceptors (Lipinski definition) is 8. The van der Waals surface area contributed by atoms with Crippen molar-refractivity contribution in [2.75, 3.05) is 6.61 Å². The molecular formula is C28H25N3O7. The molecule has 10 nitrogen and oxygen atoms in total. The zero-order valence-corrected chi connectivity index (χ0v) is 20.8. The highest BCUT2D eigenvalue weighted by molar-refractivity contribution is 5.90. The fraction of sp³-hybridized carbons (Fsp3) is 0.250. The number of carbonyl (C=O) groups excluding carboxylic acids is 2. The Bertz CT molecular complexity index is 1500. The molecular weight excluding hydrogens is 490 g/mol. The van der Waals surface area contributed by atoms with Crippen LogP contribution in [0.15, 0.2) is 73.1 Å². The average Bonchev–Trinajstić information content (AvgIpc) is 3.51. The van der Waals surface area contributed by atoms with Gasteiger partial charge in [-0.2, -0.15) is 0 Å². The SMILES string of the molecule is Cc1ccc(C(=O)OC[C@H]2O[C@H](n3cnc4cccc([N+](=O)[O-])c43)C[C@@H]2OC(=O)c2ccc(C)cc2)cc1. The number of rotatable bonds is 7. The van der Waals surface area contributed by atoms with Crippen molar-refractivity contribution < 1.29 is 28.7 Å². The van der Waals surface area contributed by atoms with Crippen LogP contribution in [-0.4, -0.2) is 45.2 Å². The standard InChI is InChI=1S/C28H25N3O7/c1-17-6-10-19(11-7-17)27(32)36-15-24-23(38-28(33)20-12-8-18(2)9-13-20)14-25(37-24)30-16-29-21-4-3-5-22(26(21)30)31(34)35/h3-13,16,23-25H,14-15H2,1-2H3/t23-,24+,25-/m0/s1. The Morgan fingerprint density at radius 1 is 1.00 bits per heavy atom. The largest absolute Gasteiger partial charge is 0.459 e. The lowest BCUT2D eigenvalue weighted by Gasteiger charge is -2.19. The number of imidazole rings is 1. The van der Waals surface area contributed by atoms with Crippen molar-refractivity contribution in [1.29, 1.82) is 0 Å². The van der Waals surface area contributed by atoms with Crippen molar-refractivity contribution in [2.45, 2.75) is 38.7 Å². The van der Waals surface area contributed by atoms with E-state index in [1.54, 1.807) is 41.0 Å². The third-order valence-corrected chi connectivity index (χ3v) is 6.47. The van der Waals surface area contributed by atoms with Crippen LogP contribution in [0, 0.1) is 24.0 Å². The van der Waals surface area contributed by atoms with E-state index in [-0.39, 0.29) is 18.7 Å². The van der Waals surface area contributed by atoms with Gasteiger partial charge in [0.15, 0.2) is 0 Å². The van der Waals surface area contributed by atoms with Crippen LogP contribution >= 0.6 is 0 Å². The number of nitro groups is 1. The quantitative estimate of drug-likeness (QED) is 0.193. The van der Waals surface area contributed by atoms with Gasteiger partial charge in [0.25, 0.3) is 5.69 Å². The number of para-hydroxylation sites is 1. The first-order chi connectivity index (χ1) is 18.3. The first-order valence-electron chi connectivity index (χ1n) is 12.1. The maximum atomic E-state index is 12.9. The summed E-state index contributed by atoms with van der Waals surface area (Å²) in [7, 11) is 0. The Kier molecular flexibility index (Phi) is 6.89. The summed E-state index contributed by atoms with van der Waals surface area (Å²) in [6.07, 6.45) is -0.673. The van der Waals surface area contributed by atoms with Gasteiger partial charge < -0.3 is 14.2 Å². The second kappa shape index (κ2) is 10.4. The molecule has 1 aliphatic rings. The predicted octanol–water partition coefficient (Wildman–Crippen LogP) is 4.93. The highest BCUT2D eigenvalue weighted by Crippen LogP contribution is 2.36. The minimum absolute atomic E-state index is 0.119. The van der Waals surface area contributed by atoms with Crippen molar-refractivity contribution in [3.63, 3.8) is 0 Å². The fourth-order valence-electron chi connectivity index (χ4n) is 4.41. The molecule has 2 heterocycles. The first-order valence-corrected chi connectivity index (χ1v) is 12.1. The maximum absolute atomic E-state index is 12.9. The summed E-state index contributed by atoms with van der Waals surface area (Å²) in [6.45, 7) is 3.65. The van der Waals surface area contributed by atoms with Crippen molar-refractivity contribution >= 4 is 28.7 Å². The van der Waals surface area contributed by atoms with E-state index in [1.807, 2.05) is 38.1 Å². The van der Waals surface area contributed by atoms with Crippen LogP contribution < -0.4 is 0 Å². The van der Waals surface area contributed by atoms with Gasteiger partial charge >= 0.3 is 11.9 Å². The summed E-state index contributed by atoms with van der Waals surface area (Å²) in [5.74, 6) is -1.08. The van der Waals surface area contributed by atoms with E-state index >= 15 is 0 Å². The number of aromatic nitrogens is 2. The van der Waals surface area contributed by atoms with Crippen molar-refractivity contribution in [3.8, 4) is 0 Å². The number of carbonyl (C=O) groups is 2. The van der Waals surface area contributed by atoms with Crippen LogP contribution in [0.5, 0.6) is 0 Å². The van der Waals surface area contributed by atoms with Crippen LogP contribution in [-0.2, 0) is 14.2 Å². The average molecular weight is 516 g/mol. The summed E-state index contributed by atoms with van der Waals surface area (Å²) in [5.41, 5.74) is 3.38. The molecule has 3 atom stereocenters. The molecule has 4 aromatic rings. The Labute approximate surface area is 217 Å². The molecule has 0 radical (unpaired) electrons. The van der Waals surface area contributed by atoms with Gasteiger partial charge in [-0.05, 0) is 44.2 Å². The molecule has 1 fully saturated rings. The Balaban J connectivity index is 1.39. The zero-order chi connectivity index (χ0) is 26.8. The monoisotopic (exact) mass is 515 g/mol. The molecule has 0 amide bonds. The van der Waals surface area contributed by atoms with E-state index in [4.69, 9.17) is 14.2 Å². The molecule has 0 aliphatic carbocycles. The van der Waals surface area contributed by atoms with Crippen LogP contribution in [0.2, 0.25) is 0 Å². The Morgan fingerprint density at radius 2 is 1.63 bits per heavy atom. The van der Waals surface area contributed by atoms with E-state index in [0.717, 1.165) is 11.1 Å². The fourth-order valence-corrected chi connectivity index (χ4v) is 4.41. The number of non-ortho nitro benzene ring substituents is 1. The van der Waals surface area contributed by atoms with Crippen LogP contribution in [0.1, 0.15) is 44.5 Å². The molecule has 1 aliphatic heterocycles. The predicted molar refractivity (Wildman–Crippen MR) is 137 cm³/mol. The number of esters is 2. The lowest BCUT2D eigenvalue weighted by atomic mass is 10.1. The summed E-state index contributed by atoms with van der Waals surface area (Å²) in [6, 6.07) is 18.5. The second-order valence-electron chi connectivity index (χ2n) is 9.19. The zero-order valence-electron chi connectivity index (χ0n) is 20.8. The van der Waals surface area contributed by atoms with Gasteiger partial charge in [0.1, 0.15) is 30.6 Å². The van der Waals surface area contributed by atoms with Crippen molar-refractivity contribution in [3.05, 3.63) is 105 Å². The summed E-state index contributed by atoms with van der Waals surface area (Å²) < 4.78 is 19.0. The number of nitrogens with zero attached hydrogens (tertiary/aromatic N) is 3. The van der Waals surface area contributed by atoms with E-state index in [2.05, 4.69) is 4.98 Å². The number of fused-ring (bicyclic) bond motifs is 1. The molecule has 194 valence electrons.